The van der Waals surface area contributed by atoms with Gasteiger partial charge in [-0.25, -0.2) is 13.1 Å². The molecule has 0 amide bonds. The molecule has 1 rings (SSSR count). The van der Waals surface area contributed by atoms with Gasteiger partial charge in [-0.1, -0.05) is 12.1 Å². The van der Waals surface area contributed by atoms with Crippen LogP contribution in [0, 0.1) is 12.3 Å². The monoisotopic (exact) mass is 301 g/mol. The van der Waals surface area contributed by atoms with E-state index in [0.717, 1.165) is 0 Å². The third-order valence-electron chi connectivity index (χ3n) is 1.91. The zero-order valence-electron chi connectivity index (χ0n) is 8.77. The predicted octanol–water partition coefficient (Wildman–Crippen LogP) is 2.14. The molecule has 0 bridgehead atoms. The van der Waals surface area contributed by atoms with Gasteiger partial charge in [0.1, 0.15) is 0 Å². The van der Waals surface area contributed by atoms with Crippen molar-refractivity contribution in [3.05, 3.63) is 28.7 Å². The van der Waals surface area contributed by atoms with Crippen LogP contribution in [0.1, 0.15) is 13.3 Å². The van der Waals surface area contributed by atoms with Gasteiger partial charge in [-0.05, 0) is 35.0 Å². The lowest BCUT2D eigenvalue weighted by molar-refractivity contribution is 0.563. The maximum atomic E-state index is 11.9. The minimum Gasteiger partial charge on any atom is -0.207 e. The van der Waals surface area contributed by atoms with Crippen molar-refractivity contribution in [1.82, 2.24) is 4.72 Å². The maximum absolute atomic E-state index is 11.9. The van der Waals surface area contributed by atoms with Crippen LogP contribution in [-0.2, 0) is 10.0 Å². The highest BCUT2D eigenvalue weighted by Gasteiger charge is 2.18. The average Bonchev–Trinajstić information content (AvgIpc) is 2.17. The van der Waals surface area contributed by atoms with E-state index in [1.807, 2.05) is 0 Å². The third kappa shape index (κ3) is 3.34. The van der Waals surface area contributed by atoms with Gasteiger partial charge in [-0.2, -0.15) is 0 Å². The van der Waals surface area contributed by atoms with Crippen molar-refractivity contribution in [1.29, 1.82) is 0 Å². The van der Waals surface area contributed by atoms with Crippen LogP contribution in [0.4, 0.5) is 0 Å². The van der Waals surface area contributed by atoms with Gasteiger partial charge < -0.3 is 0 Å². The van der Waals surface area contributed by atoms with E-state index in [1.165, 1.54) is 6.07 Å². The number of benzene rings is 1. The second-order valence-corrected chi connectivity index (χ2v) is 5.90. The highest BCUT2D eigenvalue weighted by molar-refractivity contribution is 9.10. The number of rotatable bonds is 4. The van der Waals surface area contributed by atoms with Crippen LogP contribution in [0.5, 0.6) is 0 Å². The van der Waals surface area contributed by atoms with E-state index >= 15 is 0 Å². The fourth-order valence-corrected chi connectivity index (χ4v) is 3.46. The fourth-order valence-electron chi connectivity index (χ4n) is 1.21. The molecule has 1 N–H and O–H groups in total. The van der Waals surface area contributed by atoms with Crippen LogP contribution in [-0.4, -0.2) is 14.5 Å². The standard InChI is InChI=1S/C11H12BrNO2S/c1-3-6-9(2)13-16(14,15)11-8-5-4-7-10(11)12/h1,4-5,7-9,13H,6H2,2H3. The van der Waals surface area contributed by atoms with Crippen molar-refractivity contribution in [2.24, 2.45) is 0 Å². The Labute approximate surface area is 104 Å². The summed E-state index contributed by atoms with van der Waals surface area (Å²) in [5.74, 6) is 2.42. The Morgan fingerprint density at radius 3 is 2.69 bits per heavy atom. The van der Waals surface area contributed by atoms with Crippen LogP contribution < -0.4 is 4.72 Å². The van der Waals surface area contributed by atoms with E-state index in [-0.39, 0.29) is 10.9 Å². The molecule has 0 radical (unpaired) electrons. The largest absolute Gasteiger partial charge is 0.241 e. The normalized spacial score (nSPS) is 13.1. The molecular formula is C11H12BrNO2S. The summed E-state index contributed by atoms with van der Waals surface area (Å²) in [7, 11) is -3.50. The Kier molecular flexibility index (Phi) is 4.54. The highest BCUT2D eigenvalue weighted by Crippen LogP contribution is 2.21. The van der Waals surface area contributed by atoms with Gasteiger partial charge in [-0.3, -0.25) is 0 Å². The van der Waals surface area contributed by atoms with Gasteiger partial charge in [0.05, 0.1) is 4.90 Å². The van der Waals surface area contributed by atoms with Crippen LogP contribution in [0.25, 0.3) is 0 Å². The fraction of sp³-hybridized carbons (Fsp3) is 0.273. The molecule has 1 unspecified atom stereocenters. The SMILES string of the molecule is C#CCC(C)NS(=O)(=O)c1ccccc1Br. The van der Waals surface area contributed by atoms with Crippen molar-refractivity contribution in [3.8, 4) is 12.3 Å². The van der Waals surface area contributed by atoms with E-state index in [0.29, 0.717) is 10.9 Å². The van der Waals surface area contributed by atoms with Crippen LogP contribution in [0.2, 0.25) is 0 Å². The summed E-state index contributed by atoms with van der Waals surface area (Å²) >= 11 is 3.20. The topological polar surface area (TPSA) is 46.2 Å². The zero-order chi connectivity index (χ0) is 12.2. The molecule has 0 saturated heterocycles. The number of sulfonamides is 1. The van der Waals surface area contributed by atoms with E-state index in [1.54, 1.807) is 25.1 Å². The molecule has 1 aromatic rings. The van der Waals surface area contributed by atoms with Crippen molar-refractivity contribution >= 4 is 26.0 Å². The first-order chi connectivity index (χ1) is 7.47. The van der Waals surface area contributed by atoms with Gasteiger partial charge in [0, 0.05) is 16.9 Å². The minimum absolute atomic E-state index is 0.221. The van der Waals surface area contributed by atoms with E-state index < -0.39 is 10.0 Å². The third-order valence-corrected chi connectivity index (χ3v) is 4.51. The molecule has 86 valence electrons. The second kappa shape index (κ2) is 5.48. The molecule has 3 nitrogen and oxygen atoms in total. The van der Waals surface area contributed by atoms with E-state index in [4.69, 9.17) is 6.42 Å². The molecule has 0 fully saturated rings. The van der Waals surface area contributed by atoms with Crippen LogP contribution >= 0.6 is 15.9 Å². The van der Waals surface area contributed by atoms with Gasteiger partial charge in [0.2, 0.25) is 10.0 Å². The molecule has 1 aromatic carbocycles. The summed E-state index contributed by atoms with van der Waals surface area (Å²) < 4.78 is 26.9. The Hall–Kier alpha value is -0.830. The number of hydrogen-bond donors (Lipinski definition) is 1. The van der Waals surface area contributed by atoms with E-state index in [2.05, 4.69) is 26.6 Å². The molecular weight excluding hydrogens is 290 g/mol. The van der Waals surface area contributed by atoms with Crippen molar-refractivity contribution in [2.75, 3.05) is 0 Å². The number of nitrogens with one attached hydrogen (secondary N) is 1. The lowest BCUT2D eigenvalue weighted by Gasteiger charge is -2.12. The summed E-state index contributed by atoms with van der Waals surface area (Å²) in [6.07, 6.45) is 5.49. The molecule has 0 heterocycles. The number of halogens is 1. The Balaban J connectivity index is 2.96. The molecule has 1 atom stereocenters. The van der Waals surface area contributed by atoms with Crippen LogP contribution in [0.15, 0.2) is 33.6 Å². The van der Waals surface area contributed by atoms with E-state index in [9.17, 15) is 8.42 Å². The summed E-state index contributed by atoms with van der Waals surface area (Å²) in [5, 5.41) is 0. The summed E-state index contributed by atoms with van der Waals surface area (Å²) in [6, 6.07) is 6.37. The Morgan fingerprint density at radius 1 is 1.50 bits per heavy atom. The predicted molar refractivity (Wildman–Crippen MR) is 67.4 cm³/mol. The first-order valence-electron chi connectivity index (χ1n) is 4.67. The van der Waals surface area contributed by atoms with Crippen molar-refractivity contribution < 1.29 is 8.42 Å². The number of terminal acetylenes is 1. The van der Waals surface area contributed by atoms with Crippen molar-refractivity contribution in [2.45, 2.75) is 24.3 Å². The molecule has 5 heteroatoms. The molecule has 16 heavy (non-hydrogen) atoms. The van der Waals surface area contributed by atoms with Crippen LogP contribution in [0.3, 0.4) is 0 Å². The molecule has 0 saturated carbocycles. The summed E-state index contributed by atoms with van der Waals surface area (Å²) in [5.41, 5.74) is 0. The minimum atomic E-state index is -3.50. The molecule has 0 aliphatic heterocycles. The lowest BCUT2D eigenvalue weighted by atomic mass is 10.3. The second-order valence-electron chi connectivity index (χ2n) is 3.36. The highest BCUT2D eigenvalue weighted by atomic mass is 79.9. The number of hydrogen-bond acceptors (Lipinski definition) is 2. The quantitative estimate of drug-likeness (QED) is 0.866. The molecule has 0 aromatic heterocycles. The first kappa shape index (κ1) is 13.2. The van der Waals surface area contributed by atoms with Gasteiger partial charge in [0.25, 0.3) is 0 Å². The lowest BCUT2D eigenvalue weighted by Crippen LogP contribution is -2.32. The molecule has 0 spiro atoms. The van der Waals surface area contributed by atoms with Crippen molar-refractivity contribution in [3.63, 3.8) is 0 Å². The molecule has 0 aliphatic carbocycles. The van der Waals surface area contributed by atoms with Gasteiger partial charge in [-0.15, -0.1) is 12.3 Å². The Bertz CT molecular complexity index is 505. The summed E-state index contributed by atoms with van der Waals surface area (Å²) in [4.78, 5) is 0.221. The maximum Gasteiger partial charge on any atom is 0.241 e. The Morgan fingerprint density at radius 2 is 2.12 bits per heavy atom. The smallest absolute Gasteiger partial charge is 0.207 e. The van der Waals surface area contributed by atoms with Gasteiger partial charge in [0.15, 0.2) is 0 Å². The summed E-state index contributed by atoms with van der Waals surface area (Å²) in [6.45, 7) is 1.73. The first-order valence-corrected chi connectivity index (χ1v) is 6.95. The zero-order valence-corrected chi connectivity index (χ0v) is 11.2. The van der Waals surface area contributed by atoms with Gasteiger partial charge >= 0.3 is 0 Å². The average molecular weight is 302 g/mol. The molecule has 0 aliphatic rings.